The van der Waals surface area contributed by atoms with Crippen LogP contribution in [0.25, 0.3) is 0 Å². The average Bonchev–Trinajstić information content (AvgIpc) is 3.11. The van der Waals surface area contributed by atoms with Crippen molar-refractivity contribution in [3.63, 3.8) is 0 Å². The Morgan fingerprint density at radius 2 is 1.92 bits per heavy atom. The monoisotopic (exact) mass is 396 g/mol. The van der Waals surface area contributed by atoms with Crippen LogP contribution in [0.15, 0.2) is 39.9 Å². The molecule has 0 fully saturated rings. The van der Waals surface area contributed by atoms with Crippen molar-refractivity contribution in [1.82, 2.24) is 4.31 Å². The van der Waals surface area contributed by atoms with E-state index >= 15 is 0 Å². The lowest BCUT2D eigenvalue weighted by Gasteiger charge is -2.20. The van der Waals surface area contributed by atoms with Gasteiger partial charge in [0.05, 0.1) is 22.3 Å². The number of benzene rings is 1. The molecule has 2 rings (SSSR count). The van der Waals surface area contributed by atoms with E-state index in [0.717, 1.165) is 0 Å². The second-order valence-electron chi connectivity index (χ2n) is 5.88. The molecule has 0 radical (unpaired) electrons. The fourth-order valence-corrected chi connectivity index (χ4v) is 4.55. The normalized spacial score (nSPS) is 11.8. The first-order chi connectivity index (χ1) is 12.3. The Hall–Kier alpha value is -1.90. The van der Waals surface area contributed by atoms with Crippen LogP contribution in [-0.4, -0.2) is 37.8 Å². The molecule has 0 unspecified atom stereocenters. The smallest absolute Gasteiger partial charge is 0.256 e. The van der Waals surface area contributed by atoms with Gasteiger partial charge in [0.1, 0.15) is 5.75 Å². The fraction of sp³-hybridized carbons (Fsp3) is 0.389. The van der Waals surface area contributed by atoms with Crippen molar-refractivity contribution in [3.8, 4) is 5.75 Å². The number of anilines is 1. The zero-order valence-corrected chi connectivity index (χ0v) is 17.0. The van der Waals surface area contributed by atoms with Gasteiger partial charge in [0.15, 0.2) is 0 Å². The van der Waals surface area contributed by atoms with Crippen LogP contribution in [-0.2, 0) is 10.0 Å². The van der Waals surface area contributed by atoms with E-state index in [4.69, 9.17) is 4.74 Å². The van der Waals surface area contributed by atoms with E-state index < -0.39 is 10.0 Å². The second kappa shape index (κ2) is 8.66. The molecule has 0 saturated heterocycles. The molecule has 0 aliphatic heterocycles. The molecular formula is C18H24N2O4S2. The number of ether oxygens (including phenoxy) is 1. The minimum absolute atomic E-state index is 0.114. The lowest BCUT2D eigenvalue weighted by atomic mass is 10.2. The molecule has 0 atom stereocenters. The Kier molecular flexibility index (Phi) is 6.80. The Morgan fingerprint density at radius 1 is 1.23 bits per heavy atom. The SMILES string of the molecule is CCN(CC)S(=O)(=O)c1ccc(OC(C)C)c(NC(=O)c2ccsc2)c1. The number of carbonyl (C=O) groups is 1. The summed E-state index contributed by atoms with van der Waals surface area (Å²) in [4.78, 5) is 12.5. The molecule has 0 aliphatic carbocycles. The lowest BCUT2D eigenvalue weighted by Crippen LogP contribution is -2.30. The van der Waals surface area contributed by atoms with Gasteiger partial charge in [-0.3, -0.25) is 4.79 Å². The molecule has 0 aliphatic rings. The summed E-state index contributed by atoms with van der Waals surface area (Å²) >= 11 is 1.42. The molecule has 1 heterocycles. The van der Waals surface area contributed by atoms with Crippen LogP contribution in [0.4, 0.5) is 5.69 Å². The fourth-order valence-electron chi connectivity index (χ4n) is 2.42. The van der Waals surface area contributed by atoms with Gasteiger partial charge < -0.3 is 10.1 Å². The van der Waals surface area contributed by atoms with E-state index in [1.165, 1.54) is 27.8 Å². The van der Waals surface area contributed by atoms with E-state index in [1.807, 2.05) is 19.2 Å². The third-order valence-corrected chi connectivity index (χ3v) is 6.42. The molecule has 0 saturated carbocycles. The molecule has 1 N–H and O–H groups in total. The Labute approximate surface area is 158 Å². The van der Waals surface area contributed by atoms with Crippen LogP contribution >= 0.6 is 11.3 Å². The molecule has 2 aromatic rings. The van der Waals surface area contributed by atoms with Crippen LogP contribution < -0.4 is 10.1 Å². The summed E-state index contributed by atoms with van der Waals surface area (Å²) in [5.41, 5.74) is 0.852. The molecule has 6 nitrogen and oxygen atoms in total. The van der Waals surface area contributed by atoms with Gasteiger partial charge in [-0.2, -0.15) is 15.6 Å². The summed E-state index contributed by atoms with van der Waals surface area (Å²) in [5.74, 6) is 0.124. The highest BCUT2D eigenvalue weighted by atomic mass is 32.2. The van der Waals surface area contributed by atoms with Crippen LogP contribution in [0.1, 0.15) is 38.1 Å². The molecule has 1 aromatic heterocycles. The molecule has 1 amide bonds. The van der Waals surface area contributed by atoms with Crippen molar-refractivity contribution in [2.24, 2.45) is 0 Å². The maximum absolute atomic E-state index is 12.8. The first-order valence-electron chi connectivity index (χ1n) is 8.44. The molecular weight excluding hydrogens is 372 g/mol. The van der Waals surface area contributed by atoms with Crippen molar-refractivity contribution in [1.29, 1.82) is 0 Å². The van der Waals surface area contributed by atoms with Crippen LogP contribution in [0.2, 0.25) is 0 Å². The van der Waals surface area contributed by atoms with Gasteiger partial charge >= 0.3 is 0 Å². The van der Waals surface area contributed by atoms with E-state index in [2.05, 4.69) is 5.32 Å². The van der Waals surface area contributed by atoms with Gasteiger partial charge in [-0.1, -0.05) is 13.8 Å². The number of thiophene rings is 1. The first-order valence-corrected chi connectivity index (χ1v) is 10.8. The minimum Gasteiger partial charge on any atom is -0.489 e. The quantitative estimate of drug-likeness (QED) is 0.736. The minimum atomic E-state index is -3.63. The van der Waals surface area contributed by atoms with Gasteiger partial charge in [-0.25, -0.2) is 8.42 Å². The summed E-state index contributed by atoms with van der Waals surface area (Å²) in [6.07, 6.45) is -0.114. The maximum Gasteiger partial charge on any atom is 0.256 e. The number of nitrogens with zero attached hydrogens (tertiary/aromatic N) is 1. The number of carbonyl (C=O) groups excluding carboxylic acids is 1. The molecule has 0 bridgehead atoms. The topological polar surface area (TPSA) is 75.7 Å². The Bertz CT molecular complexity index is 842. The van der Waals surface area contributed by atoms with Crippen LogP contribution in [0, 0.1) is 0 Å². The van der Waals surface area contributed by atoms with Crippen molar-refractivity contribution in [2.45, 2.75) is 38.7 Å². The molecule has 26 heavy (non-hydrogen) atoms. The largest absolute Gasteiger partial charge is 0.489 e. The Morgan fingerprint density at radius 3 is 2.46 bits per heavy atom. The summed E-state index contributed by atoms with van der Waals surface area (Å²) in [7, 11) is -3.63. The number of amides is 1. The van der Waals surface area contributed by atoms with Crippen molar-refractivity contribution in [2.75, 3.05) is 18.4 Å². The predicted octanol–water partition coefficient (Wildman–Crippen LogP) is 3.82. The molecule has 8 heteroatoms. The predicted molar refractivity (Wildman–Crippen MR) is 105 cm³/mol. The lowest BCUT2D eigenvalue weighted by molar-refractivity contribution is 0.102. The van der Waals surface area contributed by atoms with E-state index in [9.17, 15) is 13.2 Å². The van der Waals surface area contributed by atoms with Gasteiger partial charge in [0, 0.05) is 18.5 Å². The van der Waals surface area contributed by atoms with Crippen LogP contribution in [0.3, 0.4) is 0 Å². The highest BCUT2D eigenvalue weighted by Gasteiger charge is 2.23. The van der Waals surface area contributed by atoms with Crippen molar-refractivity contribution >= 4 is 33.0 Å². The number of hydrogen-bond acceptors (Lipinski definition) is 5. The van der Waals surface area contributed by atoms with E-state index in [1.54, 1.807) is 31.4 Å². The summed E-state index contributed by atoms with van der Waals surface area (Å²) < 4.78 is 32.6. The molecule has 0 spiro atoms. The summed E-state index contributed by atoms with van der Waals surface area (Å²) in [6.45, 7) is 8.06. The number of nitrogens with one attached hydrogen (secondary N) is 1. The van der Waals surface area contributed by atoms with E-state index in [0.29, 0.717) is 30.1 Å². The Balaban J connectivity index is 2.43. The first kappa shape index (κ1) is 20.4. The zero-order chi connectivity index (χ0) is 19.3. The average molecular weight is 397 g/mol. The summed E-state index contributed by atoms with van der Waals surface area (Å²) in [6, 6.07) is 6.25. The third kappa shape index (κ3) is 4.63. The standard InChI is InChI=1S/C18H24N2O4S2/c1-5-20(6-2)26(22,23)15-7-8-17(24-13(3)4)16(11-15)19-18(21)14-9-10-25-12-14/h7-13H,5-6H2,1-4H3,(H,19,21). The highest BCUT2D eigenvalue weighted by molar-refractivity contribution is 7.89. The number of hydrogen-bond donors (Lipinski definition) is 1. The molecule has 142 valence electrons. The molecule has 1 aromatic carbocycles. The zero-order valence-electron chi connectivity index (χ0n) is 15.4. The van der Waals surface area contributed by atoms with Gasteiger partial charge in [-0.15, -0.1) is 0 Å². The van der Waals surface area contributed by atoms with Crippen molar-refractivity contribution in [3.05, 3.63) is 40.6 Å². The second-order valence-corrected chi connectivity index (χ2v) is 8.60. The summed E-state index contributed by atoms with van der Waals surface area (Å²) in [5, 5.41) is 6.30. The third-order valence-electron chi connectivity index (χ3n) is 3.69. The van der Waals surface area contributed by atoms with E-state index in [-0.39, 0.29) is 16.9 Å². The number of sulfonamides is 1. The van der Waals surface area contributed by atoms with Gasteiger partial charge in [0.25, 0.3) is 5.91 Å². The van der Waals surface area contributed by atoms with Crippen LogP contribution in [0.5, 0.6) is 5.75 Å². The van der Waals surface area contributed by atoms with Gasteiger partial charge in [0.2, 0.25) is 10.0 Å². The number of rotatable bonds is 8. The maximum atomic E-state index is 12.8. The highest BCUT2D eigenvalue weighted by Crippen LogP contribution is 2.30. The van der Waals surface area contributed by atoms with Gasteiger partial charge in [-0.05, 0) is 43.5 Å². The van der Waals surface area contributed by atoms with Crippen molar-refractivity contribution < 1.29 is 17.9 Å².